The Kier molecular flexibility index (Phi) is 4.18. The second-order valence-electron chi connectivity index (χ2n) is 5.89. The molecule has 0 saturated carbocycles. The van der Waals surface area contributed by atoms with E-state index in [0.717, 1.165) is 28.2 Å². The van der Waals surface area contributed by atoms with Gasteiger partial charge in [0.2, 0.25) is 5.82 Å². The predicted molar refractivity (Wildman–Crippen MR) is 99.0 cm³/mol. The molecule has 1 N–H and O–H groups in total. The maximum atomic E-state index is 12.5. The van der Waals surface area contributed by atoms with Crippen molar-refractivity contribution in [2.24, 2.45) is 0 Å². The quantitative estimate of drug-likeness (QED) is 0.602. The van der Waals surface area contributed by atoms with Gasteiger partial charge < -0.3 is 5.32 Å². The van der Waals surface area contributed by atoms with Crippen molar-refractivity contribution in [1.29, 1.82) is 0 Å². The summed E-state index contributed by atoms with van der Waals surface area (Å²) in [5.41, 5.74) is 4.57. The number of carbonyl (C=O) groups is 1. The minimum Gasteiger partial charge on any atom is -0.345 e. The zero-order chi connectivity index (χ0) is 18.1. The van der Waals surface area contributed by atoms with Crippen LogP contribution in [-0.2, 0) is 6.54 Å². The van der Waals surface area contributed by atoms with Crippen molar-refractivity contribution in [1.82, 2.24) is 29.9 Å². The Labute approximate surface area is 153 Å². The van der Waals surface area contributed by atoms with Gasteiger partial charge in [0.05, 0.1) is 5.69 Å². The second kappa shape index (κ2) is 6.64. The molecule has 4 aromatic rings. The first-order valence-corrected chi connectivity index (χ1v) is 9.02. The van der Waals surface area contributed by atoms with Gasteiger partial charge in [-0.05, 0) is 43.0 Å². The van der Waals surface area contributed by atoms with Gasteiger partial charge in [-0.15, -0.1) is 5.10 Å². The summed E-state index contributed by atoms with van der Waals surface area (Å²) in [5.74, 6) is 0.188. The molecule has 0 atom stereocenters. The number of carbonyl (C=O) groups excluding carboxylic acids is 1. The van der Waals surface area contributed by atoms with Crippen molar-refractivity contribution in [2.45, 2.75) is 20.4 Å². The number of aromatic nitrogens is 5. The van der Waals surface area contributed by atoms with Crippen LogP contribution < -0.4 is 5.32 Å². The number of nitrogens with one attached hydrogen (secondary N) is 1. The molecular formula is C18H16N6OS. The molecule has 0 aliphatic rings. The Bertz CT molecular complexity index is 1090. The molecular weight excluding hydrogens is 348 g/mol. The lowest BCUT2D eigenvalue weighted by molar-refractivity contribution is 0.0941. The highest BCUT2D eigenvalue weighted by molar-refractivity contribution is 7.08. The van der Waals surface area contributed by atoms with Crippen LogP contribution in [0.4, 0.5) is 0 Å². The van der Waals surface area contributed by atoms with Gasteiger partial charge in [0, 0.05) is 35.1 Å². The molecule has 4 rings (SSSR count). The molecule has 26 heavy (non-hydrogen) atoms. The number of rotatable bonds is 4. The topological polar surface area (TPSA) is 85.1 Å². The number of amides is 1. The molecule has 4 heterocycles. The molecule has 7 nitrogen and oxygen atoms in total. The zero-order valence-electron chi connectivity index (χ0n) is 14.3. The van der Waals surface area contributed by atoms with Crippen molar-refractivity contribution in [3.05, 3.63) is 64.0 Å². The minimum atomic E-state index is -0.340. The van der Waals surface area contributed by atoms with E-state index in [1.54, 1.807) is 22.0 Å². The standard InChI is InChI=1S/C18H16N6OS/c1-11-8-12(2)24-18(21-11)22-16(23-24)17(25)20-9-13-4-3-6-19-15(13)14-5-7-26-10-14/h3-8,10H,9H2,1-2H3,(H,20,25). The van der Waals surface area contributed by atoms with Crippen molar-refractivity contribution in [3.8, 4) is 11.3 Å². The van der Waals surface area contributed by atoms with E-state index in [-0.39, 0.29) is 11.7 Å². The van der Waals surface area contributed by atoms with Crippen molar-refractivity contribution >= 4 is 23.0 Å². The number of thiophene rings is 1. The summed E-state index contributed by atoms with van der Waals surface area (Å²) in [4.78, 5) is 25.5. The number of fused-ring (bicyclic) bond motifs is 1. The molecule has 0 bridgehead atoms. The predicted octanol–water partition coefficient (Wildman–Crippen LogP) is 2.79. The van der Waals surface area contributed by atoms with Crippen LogP contribution in [0, 0.1) is 13.8 Å². The van der Waals surface area contributed by atoms with Crippen LogP contribution in [-0.4, -0.2) is 30.5 Å². The first-order valence-electron chi connectivity index (χ1n) is 8.07. The van der Waals surface area contributed by atoms with Crippen molar-refractivity contribution < 1.29 is 4.79 Å². The molecule has 0 aromatic carbocycles. The van der Waals surface area contributed by atoms with Gasteiger partial charge in [-0.1, -0.05) is 6.07 Å². The van der Waals surface area contributed by atoms with Crippen LogP contribution in [0.5, 0.6) is 0 Å². The number of hydrogen-bond donors (Lipinski definition) is 1. The summed E-state index contributed by atoms with van der Waals surface area (Å²) in [6, 6.07) is 7.72. The summed E-state index contributed by atoms with van der Waals surface area (Å²) >= 11 is 1.61. The van der Waals surface area contributed by atoms with E-state index in [9.17, 15) is 4.79 Å². The highest BCUT2D eigenvalue weighted by atomic mass is 32.1. The van der Waals surface area contributed by atoms with Crippen LogP contribution in [0.15, 0.2) is 41.2 Å². The van der Waals surface area contributed by atoms with Gasteiger partial charge >= 0.3 is 0 Å². The van der Waals surface area contributed by atoms with Gasteiger partial charge in [-0.25, -0.2) is 9.50 Å². The Morgan fingerprint density at radius 2 is 2.15 bits per heavy atom. The minimum absolute atomic E-state index is 0.104. The molecule has 0 aliphatic carbocycles. The smallest absolute Gasteiger partial charge is 0.291 e. The monoisotopic (exact) mass is 364 g/mol. The molecule has 130 valence electrons. The fourth-order valence-corrected chi connectivity index (χ4v) is 3.40. The normalized spacial score (nSPS) is 11.0. The van der Waals surface area contributed by atoms with Gasteiger partial charge in [-0.3, -0.25) is 9.78 Å². The maximum absolute atomic E-state index is 12.5. The van der Waals surface area contributed by atoms with Crippen LogP contribution in [0.1, 0.15) is 27.6 Å². The van der Waals surface area contributed by atoms with Crippen molar-refractivity contribution in [2.75, 3.05) is 0 Å². The van der Waals surface area contributed by atoms with E-state index in [1.807, 2.05) is 48.9 Å². The molecule has 0 radical (unpaired) electrons. The lowest BCUT2D eigenvalue weighted by atomic mass is 10.1. The molecule has 4 aromatic heterocycles. The number of pyridine rings is 1. The van der Waals surface area contributed by atoms with Crippen LogP contribution in [0.2, 0.25) is 0 Å². The third-order valence-corrected chi connectivity index (χ3v) is 4.63. The maximum Gasteiger partial charge on any atom is 0.291 e. The fraction of sp³-hybridized carbons (Fsp3) is 0.167. The second-order valence-corrected chi connectivity index (χ2v) is 6.67. The Balaban J connectivity index is 1.56. The summed E-state index contributed by atoms with van der Waals surface area (Å²) in [5, 5.41) is 11.2. The van der Waals surface area contributed by atoms with E-state index in [0.29, 0.717) is 12.3 Å². The summed E-state index contributed by atoms with van der Waals surface area (Å²) in [6.45, 7) is 4.13. The lowest BCUT2D eigenvalue weighted by Gasteiger charge is -2.07. The largest absolute Gasteiger partial charge is 0.345 e. The number of aryl methyl sites for hydroxylation is 2. The van der Waals surface area contributed by atoms with E-state index >= 15 is 0 Å². The van der Waals surface area contributed by atoms with Gasteiger partial charge in [-0.2, -0.15) is 16.3 Å². The molecule has 0 saturated heterocycles. The van der Waals surface area contributed by atoms with Crippen molar-refractivity contribution in [3.63, 3.8) is 0 Å². The first kappa shape index (κ1) is 16.3. The molecule has 0 fully saturated rings. The third-order valence-electron chi connectivity index (χ3n) is 3.95. The van der Waals surface area contributed by atoms with E-state index in [2.05, 4.69) is 25.4 Å². The lowest BCUT2D eigenvalue weighted by Crippen LogP contribution is -2.24. The Hall–Kier alpha value is -3.13. The molecule has 0 unspecified atom stereocenters. The average molecular weight is 364 g/mol. The zero-order valence-corrected chi connectivity index (χ0v) is 15.1. The van der Waals surface area contributed by atoms with E-state index < -0.39 is 0 Å². The van der Waals surface area contributed by atoms with E-state index in [1.165, 1.54) is 0 Å². The summed E-state index contributed by atoms with van der Waals surface area (Å²) < 4.78 is 1.57. The Morgan fingerprint density at radius 3 is 2.96 bits per heavy atom. The highest BCUT2D eigenvalue weighted by Gasteiger charge is 2.16. The summed E-state index contributed by atoms with van der Waals surface area (Å²) in [7, 11) is 0. The van der Waals surface area contributed by atoms with Gasteiger partial charge in [0.25, 0.3) is 11.7 Å². The molecule has 0 spiro atoms. The van der Waals surface area contributed by atoms with Crippen LogP contribution in [0.25, 0.3) is 17.0 Å². The molecule has 8 heteroatoms. The van der Waals surface area contributed by atoms with Crippen LogP contribution >= 0.6 is 11.3 Å². The number of nitrogens with zero attached hydrogens (tertiary/aromatic N) is 5. The molecule has 1 amide bonds. The average Bonchev–Trinajstić information content (AvgIpc) is 3.29. The first-order chi connectivity index (χ1) is 12.6. The van der Waals surface area contributed by atoms with Gasteiger partial charge in [0.15, 0.2) is 0 Å². The van der Waals surface area contributed by atoms with E-state index in [4.69, 9.17) is 0 Å². The number of hydrogen-bond acceptors (Lipinski definition) is 6. The summed E-state index contributed by atoms with van der Waals surface area (Å²) in [6.07, 6.45) is 1.75. The van der Waals surface area contributed by atoms with Gasteiger partial charge in [0.1, 0.15) is 0 Å². The third kappa shape index (κ3) is 3.06. The van der Waals surface area contributed by atoms with Crippen LogP contribution in [0.3, 0.4) is 0 Å². The Morgan fingerprint density at radius 1 is 1.27 bits per heavy atom. The fourth-order valence-electron chi connectivity index (χ4n) is 2.76. The highest BCUT2D eigenvalue weighted by Crippen LogP contribution is 2.23. The molecule has 0 aliphatic heterocycles. The SMILES string of the molecule is Cc1cc(C)n2nc(C(=O)NCc3cccnc3-c3ccsc3)nc2n1.